The van der Waals surface area contributed by atoms with E-state index in [1.54, 1.807) is 18.2 Å². The summed E-state index contributed by atoms with van der Waals surface area (Å²) in [6.07, 6.45) is 3.26. The molecule has 0 aromatic heterocycles. The van der Waals surface area contributed by atoms with Crippen molar-refractivity contribution in [3.63, 3.8) is 0 Å². The molecule has 0 amide bonds. The van der Waals surface area contributed by atoms with Crippen molar-refractivity contribution in [1.82, 2.24) is 9.62 Å². The predicted molar refractivity (Wildman–Crippen MR) is 86.5 cm³/mol. The average Bonchev–Trinajstić information content (AvgIpc) is 2.45. The van der Waals surface area contributed by atoms with Crippen LogP contribution < -0.4 is 5.32 Å². The number of hydrogen-bond donors (Lipinski definition) is 1. The van der Waals surface area contributed by atoms with E-state index in [4.69, 9.17) is 23.2 Å². The largest absolute Gasteiger partial charge is 0.313 e. The van der Waals surface area contributed by atoms with Crippen LogP contribution in [0.4, 0.5) is 0 Å². The summed E-state index contributed by atoms with van der Waals surface area (Å²) in [5, 5.41) is 3.69. The van der Waals surface area contributed by atoms with Crippen LogP contribution in [0.1, 0.15) is 26.2 Å². The molecule has 1 fully saturated rings. The molecule has 1 aliphatic rings. The molecule has 1 saturated heterocycles. The van der Waals surface area contributed by atoms with Crippen LogP contribution in [0.25, 0.3) is 0 Å². The normalized spacial score (nSPS) is 19.9. The zero-order valence-electron chi connectivity index (χ0n) is 12.0. The van der Waals surface area contributed by atoms with E-state index in [2.05, 4.69) is 5.32 Å². The molecule has 0 aliphatic carbocycles. The minimum Gasteiger partial charge on any atom is -0.313 e. The van der Waals surface area contributed by atoms with Gasteiger partial charge in [-0.05, 0) is 31.5 Å². The van der Waals surface area contributed by atoms with Crippen LogP contribution in [0.15, 0.2) is 23.1 Å². The van der Waals surface area contributed by atoms with Crippen molar-refractivity contribution in [3.05, 3.63) is 28.2 Å². The molecule has 0 radical (unpaired) electrons. The van der Waals surface area contributed by atoms with Crippen LogP contribution >= 0.6 is 23.2 Å². The smallest absolute Gasteiger partial charge is 0.246 e. The lowest BCUT2D eigenvalue weighted by Crippen LogP contribution is -2.45. The Morgan fingerprint density at radius 3 is 2.48 bits per heavy atom. The molecule has 118 valence electrons. The Kier molecular flexibility index (Phi) is 5.91. The monoisotopic (exact) mass is 350 g/mol. The van der Waals surface area contributed by atoms with E-state index in [1.807, 2.05) is 6.92 Å². The van der Waals surface area contributed by atoms with Crippen LogP contribution in [0.5, 0.6) is 0 Å². The lowest BCUT2D eigenvalue weighted by Gasteiger charge is -2.29. The number of rotatable bonds is 5. The summed E-state index contributed by atoms with van der Waals surface area (Å²) < 4.78 is 27.1. The van der Waals surface area contributed by atoms with Gasteiger partial charge in [-0.25, -0.2) is 8.42 Å². The van der Waals surface area contributed by atoms with E-state index in [1.165, 1.54) is 4.31 Å². The SMILES string of the molecule is CCN(CC1CCCCN1)S(=O)(=O)c1c(Cl)cccc1Cl. The van der Waals surface area contributed by atoms with Crippen LogP contribution in [-0.4, -0.2) is 38.4 Å². The lowest BCUT2D eigenvalue weighted by molar-refractivity contribution is 0.319. The first-order chi connectivity index (χ1) is 9.96. The van der Waals surface area contributed by atoms with Crippen molar-refractivity contribution in [2.75, 3.05) is 19.6 Å². The number of likely N-dealkylation sites (N-methyl/N-ethyl adjacent to an activating group) is 1. The Labute approximate surface area is 136 Å². The van der Waals surface area contributed by atoms with Crippen molar-refractivity contribution in [2.45, 2.75) is 37.1 Å². The molecule has 1 aromatic carbocycles. The maximum Gasteiger partial charge on any atom is 0.246 e. The van der Waals surface area contributed by atoms with Gasteiger partial charge in [-0.2, -0.15) is 4.31 Å². The number of piperidine rings is 1. The highest BCUT2D eigenvalue weighted by molar-refractivity contribution is 7.89. The van der Waals surface area contributed by atoms with E-state index in [9.17, 15) is 8.42 Å². The highest BCUT2D eigenvalue weighted by Crippen LogP contribution is 2.31. The van der Waals surface area contributed by atoms with Gasteiger partial charge in [-0.1, -0.05) is 42.6 Å². The van der Waals surface area contributed by atoms with Gasteiger partial charge in [0.15, 0.2) is 0 Å². The third-order valence-electron chi connectivity index (χ3n) is 3.71. The number of nitrogens with zero attached hydrogens (tertiary/aromatic N) is 1. The average molecular weight is 351 g/mol. The van der Waals surface area contributed by atoms with Gasteiger partial charge in [0.1, 0.15) is 4.90 Å². The van der Waals surface area contributed by atoms with Crippen molar-refractivity contribution in [2.24, 2.45) is 0 Å². The quantitative estimate of drug-likeness (QED) is 0.887. The van der Waals surface area contributed by atoms with Gasteiger partial charge in [0, 0.05) is 19.1 Å². The fourth-order valence-corrected chi connectivity index (χ4v) is 5.17. The molecule has 1 unspecified atom stereocenters. The topological polar surface area (TPSA) is 49.4 Å². The Bertz CT molecular complexity index is 566. The maximum atomic E-state index is 12.8. The van der Waals surface area contributed by atoms with Crippen LogP contribution in [0.2, 0.25) is 10.0 Å². The fraction of sp³-hybridized carbons (Fsp3) is 0.571. The zero-order chi connectivity index (χ0) is 15.5. The zero-order valence-corrected chi connectivity index (χ0v) is 14.3. The maximum absolute atomic E-state index is 12.8. The molecule has 1 heterocycles. The molecule has 1 aliphatic heterocycles. The van der Waals surface area contributed by atoms with E-state index in [0.29, 0.717) is 13.1 Å². The molecule has 1 aromatic rings. The van der Waals surface area contributed by atoms with Crippen molar-refractivity contribution < 1.29 is 8.42 Å². The van der Waals surface area contributed by atoms with Crippen LogP contribution in [-0.2, 0) is 10.0 Å². The second-order valence-electron chi connectivity index (χ2n) is 5.15. The Hall–Kier alpha value is -0.330. The van der Waals surface area contributed by atoms with Crippen LogP contribution in [0, 0.1) is 0 Å². The first kappa shape index (κ1) is 17.0. The Balaban J connectivity index is 2.27. The van der Waals surface area contributed by atoms with Crippen molar-refractivity contribution in [1.29, 1.82) is 0 Å². The summed E-state index contributed by atoms with van der Waals surface area (Å²) in [7, 11) is -3.68. The summed E-state index contributed by atoms with van der Waals surface area (Å²) in [5.41, 5.74) is 0. The first-order valence-electron chi connectivity index (χ1n) is 7.14. The number of hydrogen-bond acceptors (Lipinski definition) is 3. The molecule has 0 bridgehead atoms. The number of benzene rings is 1. The second-order valence-corrected chi connectivity index (χ2v) is 7.84. The Morgan fingerprint density at radius 2 is 1.95 bits per heavy atom. The van der Waals surface area contributed by atoms with E-state index >= 15 is 0 Å². The van der Waals surface area contributed by atoms with Gasteiger partial charge in [0.2, 0.25) is 10.0 Å². The number of halogens is 2. The van der Waals surface area contributed by atoms with Crippen molar-refractivity contribution in [3.8, 4) is 0 Å². The molecular weight excluding hydrogens is 331 g/mol. The van der Waals surface area contributed by atoms with Gasteiger partial charge >= 0.3 is 0 Å². The summed E-state index contributed by atoms with van der Waals surface area (Å²) in [5.74, 6) is 0. The lowest BCUT2D eigenvalue weighted by atomic mass is 10.1. The fourth-order valence-electron chi connectivity index (χ4n) is 2.58. The number of nitrogens with one attached hydrogen (secondary N) is 1. The highest BCUT2D eigenvalue weighted by atomic mass is 35.5. The standard InChI is InChI=1S/C14H20Cl2N2O2S/c1-2-18(10-11-6-3-4-9-17-11)21(19,20)14-12(15)7-5-8-13(14)16/h5,7-8,11,17H,2-4,6,9-10H2,1H3. The highest BCUT2D eigenvalue weighted by Gasteiger charge is 2.30. The van der Waals surface area contributed by atoms with E-state index < -0.39 is 10.0 Å². The Morgan fingerprint density at radius 1 is 1.29 bits per heavy atom. The molecule has 1 atom stereocenters. The molecule has 1 N–H and O–H groups in total. The first-order valence-corrected chi connectivity index (χ1v) is 9.34. The third-order valence-corrected chi connectivity index (χ3v) is 6.60. The molecule has 2 rings (SSSR count). The molecule has 21 heavy (non-hydrogen) atoms. The molecule has 0 spiro atoms. The van der Waals surface area contributed by atoms with Gasteiger partial charge < -0.3 is 5.32 Å². The van der Waals surface area contributed by atoms with Gasteiger partial charge in [-0.15, -0.1) is 0 Å². The van der Waals surface area contributed by atoms with Gasteiger partial charge in [-0.3, -0.25) is 0 Å². The summed E-state index contributed by atoms with van der Waals surface area (Å²) in [4.78, 5) is 0.00555. The summed E-state index contributed by atoms with van der Waals surface area (Å²) in [6.45, 7) is 3.60. The number of sulfonamides is 1. The summed E-state index contributed by atoms with van der Waals surface area (Å²) >= 11 is 12.1. The second kappa shape index (κ2) is 7.29. The summed E-state index contributed by atoms with van der Waals surface area (Å²) in [6, 6.07) is 4.93. The molecule has 4 nitrogen and oxygen atoms in total. The van der Waals surface area contributed by atoms with E-state index in [-0.39, 0.29) is 21.0 Å². The minimum absolute atomic E-state index is 0.00555. The molecule has 0 saturated carbocycles. The van der Waals surface area contributed by atoms with E-state index in [0.717, 1.165) is 25.8 Å². The van der Waals surface area contributed by atoms with Gasteiger partial charge in [0.25, 0.3) is 0 Å². The predicted octanol–water partition coefficient (Wildman–Crippen LogP) is 3.15. The van der Waals surface area contributed by atoms with Crippen molar-refractivity contribution >= 4 is 33.2 Å². The third kappa shape index (κ3) is 3.90. The molecular formula is C14H20Cl2N2O2S. The molecule has 7 heteroatoms. The van der Waals surface area contributed by atoms with Crippen LogP contribution in [0.3, 0.4) is 0 Å². The van der Waals surface area contributed by atoms with Gasteiger partial charge in [0.05, 0.1) is 10.0 Å². The minimum atomic E-state index is -3.68.